The highest BCUT2D eigenvalue weighted by molar-refractivity contribution is 5.88. The topological polar surface area (TPSA) is 99.8 Å². The number of H-pyrrole nitrogens is 1. The molecular formula is C10H17N5O2. The Balaban J connectivity index is 1.99. The fraction of sp³-hybridized carbons (Fsp3) is 0.600. The number of nitrogens with one attached hydrogen (secondary N) is 3. The first kappa shape index (κ1) is 13.1. The number of aromatic nitrogens is 3. The third kappa shape index (κ3) is 6.29. The van der Waals surface area contributed by atoms with Gasteiger partial charge in [-0.25, -0.2) is 5.10 Å². The van der Waals surface area contributed by atoms with Gasteiger partial charge >= 0.3 is 0 Å². The smallest absolute Gasteiger partial charge is 0.226 e. The van der Waals surface area contributed by atoms with Crippen LogP contribution in [0.3, 0.4) is 0 Å². The van der Waals surface area contributed by atoms with Gasteiger partial charge in [0, 0.05) is 19.9 Å². The van der Waals surface area contributed by atoms with Crippen LogP contribution in [0.15, 0.2) is 6.33 Å². The lowest BCUT2D eigenvalue weighted by Gasteiger charge is -2.02. The highest BCUT2D eigenvalue weighted by atomic mass is 16.2. The first-order valence-electron chi connectivity index (χ1n) is 5.58. The summed E-state index contributed by atoms with van der Waals surface area (Å²) in [5, 5.41) is 11.5. The van der Waals surface area contributed by atoms with Gasteiger partial charge in [-0.1, -0.05) is 6.42 Å². The maximum atomic E-state index is 11.4. The zero-order valence-corrected chi connectivity index (χ0v) is 9.82. The van der Waals surface area contributed by atoms with Crippen LogP contribution in [0.4, 0.5) is 5.95 Å². The van der Waals surface area contributed by atoms with Crippen LogP contribution in [0, 0.1) is 0 Å². The van der Waals surface area contributed by atoms with E-state index in [0.29, 0.717) is 18.9 Å². The van der Waals surface area contributed by atoms with Crippen LogP contribution in [0.1, 0.15) is 32.6 Å². The van der Waals surface area contributed by atoms with Gasteiger partial charge in [0.1, 0.15) is 6.33 Å². The second-order valence-corrected chi connectivity index (χ2v) is 3.68. The molecule has 0 saturated carbocycles. The van der Waals surface area contributed by atoms with Gasteiger partial charge < -0.3 is 5.32 Å². The number of anilines is 1. The molecule has 0 spiro atoms. The van der Waals surface area contributed by atoms with Crippen molar-refractivity contribution >= 4 is 17.8 Å². The molecule has 1 rings (SSSR count). The molecule has 2 amide bonds. The third-order valence-electron chi connectivity index (χ3n) is 2.13. The van der Waals surface area contributed by atoms with Gasteiger partial charge in [-0.3, -0.25) is 14.9 Å². The summed E-state index contributed by atoms with van der Waals surface area (Å²) < 4.78 is 0. The molecule has 0 unspecified atom stereocenters. The quantitative estimate of drug-likeness (QED) is 0.601. The van der Waals surface area contributed by atoms with E-state index in [9.17, 15) is 9.59 Å². The van der Waals surface area contributed by atoms with Gasteiger partial charge in [0.05, 0.1) is 0 Å². The van der Waals surface area contributed by atoms with Crippen molar-refractivity contribution in [2.45, 2.75) is 32.6 Å². The summed E-state index contributed by atoms with van der Waals surface area (Å²) in [5.74, 6) is 0.266. The van der Waals surface area contributed by atoms with E-state index >= 15 is 0 Å². The Kier molecular flexibility index (Phi) is 5.70. The Morgan fingerprint density at radius 2 is 2.18 bits per heavy atom. The number of amides is 2. The molecule has 0 aliphatic carbocycles. The van der Waals surface area contributed by atoms with Gasteiger partial charge in [-0.05, 0) is 12.8 Å². The molecule has 1 aromatic heterocycles. The third-order valence-corrected chi connectivity index (χ3v) is 2.13. The largest absolute Gasteiger partial charge is 0.356 e. The monoisotopic (exact) mass is 239 g/mol. The number of unbranched alkanes of at least 4 members (excludes halogenated alkanes) is 2. The van der Waals surface area contributed by atoms with E-state index in [1.807, 2.05) is 0 Å². The van der Waals surface area contributed by atoms with Crippen LogP contribution < -0.4 is 10.6 Å². The van der Waals surface area contributed by atoms with Gasteiger partial charge in [0.25, 0.3) is 0 Å². The van der Waals surface area contributed by atoms with E-state index in [4.69, 9.17) is 0 Å². The summed E-state index contributed by atoms with van der Waals surface area (Å²) in [6.45, 7) is 2.16. The van der Waals surface area contributed by atoms with Crippen molar-refractivity contribution in [2.24, 2.45) is 0 Å². The second kappa shape index (κ2) is 7.37. The van der Waals surface area contributed by atoms with Crippen LogP contribution in [0.5, 0.6) is 0 Å². The van der Waals surface area contributed by atoms with Crippen LogP contribution >= 0.6 is 0 Å². The molecule has 0 radical (unpaired) electrons. The molecule has 0 aliphatic rings. The van der Waals surface area contributed by atoms with Crippen molar-refractivity contribution < 1.29 is 9.59 Å². The van der Waals surface area contributed by atoms with Crippen LogP contribution in [0.25, 0.3) is 0 Å². The molecule has 7 heteroatoms. The average molecular weight is 239 g/mol. The lowest BCUT2D eigenvalue weighted by molar-refractivity contribution is -0.119. The number of aromatic amines is 1. The number of rotatable bonds is 7. The zero-order chi connectivity index (χ0) is 12.5. The van der Waals surface area contributed by atoms with Crippen molar-refractivity contribution in [3.8, 4) is 0 Å². The van der Waals surface area contributed by atoms with Crippen molar-refractivity contribution in [1.29, 1.82) is 0 Å². The SMILES string of the molecule is CC(=O)NCCCCCC(=O)Nc1ncn[nH]1. The molecule has 0 fully saturated rings. The van der Waals surface area contributed by atoms with Crippen LogP contribution in [-0.2, 0) is 9.59 Å². The molecule has 7 nitrogen and oxygen atoms in total. The van der Waals surface area contributed by atoms with E-state index in [2.05, 4.69) is 25.8 Å². The van der Waals surface area contributed by atoms with E-state index in [0.717, 1.165) is 19.3 Å². The lowest BCUT2D eigenvalue weighted by atomic mass is 10.2. The summed E-state index contributed by atoms with van der Waals surface area (Å²) >= 11 is 0. The Hall–Kier alpha value is -1.92. The molecule has 1 aromatic rings. The Morgan fingerprint density at radius 1 is 1.35 bits per heavy atom. The first-order valence-corrected chi connectivity index (χ1v) is 5.58. The number of hydrogen-bond acceptors (Lipinski definition) is 4. The fourth-order valence-corrected chi connectivity index (χ4v) is 1.31. The Labute approximate surface area is 99.4 Å². The summed E-state index contributed by atoms with van der Waals surface area (Å²) in [6, 6.07) is 0. The number of carbonyl (C=O) groups is 2. The molecule has 3 N–H and O–H groups in total. The zero-order valence-electron chi connectivity index (χ0n) is 9.82. The number of hydrogen-bond donors (Lipinski definition) is 3. The molecule has 0 bridgehead atoms. The highest BCUT2D eigenvalue weighted by Crippen LogP contribution is 2.01. The average Bonchev–Trinajstić information content (AvgIpc) is 2.75. The maximum Gasteiger partial charge on any atom is 0.226 e. The van der Waals surface area contributed by atoms with Crippen molar-refractivity contribution in [3.05, 3.63) is 6.33 Å². The Morgan fingerprint density at radius 3 is 2.82 bits per heavy atom. The predicted octanol–water partition coefficient (Wildman–Crippen LogP) is 0.440. The van der Waals surface area contributed by atoms with Gasteiger partial charge in [-0.2, -0.15) is 10.1 Å². The van der Waals surface area contributed by atoms with Crippen LogP contribution in [-0.4, -0.2) is 33.5 Å². The first-order chi connectivity index (χ1) is 8.18. The molecule has 0 aliphatic heterocycles. The summed E-state index contributed by atoms with van der Waals surface area (Å²) in [5.41, 5.74) is 0. The van der Waals surface area contributed by atoms with E-state index < -0.39 is 0 Å². The molecular weight excluding hydrogens is 222 g/mol. The number of carbonyl (C=O) groups excluding carboxylic acids is 2. The van der Waals surface area contributed by atoms with E-state index in [1.54, 1.807) is 0 Å². The molecule has 0 aromatic carbocycles. The molecule has 94 valence electrons. The minimum atomic E-state index is -0.0822. The van der Waals surface area contributed by atoms with Crippen molar-refractivity contribution in [3.63, 3.8) is 0 Å². The van der Waals surface area contributed by atoms with Gasteiger partial charge in [0.2, 0.25) is 17.8 Å². The minimum Gasteiger partial charge on any atom is -0.356 e. The Bertz CT molecular complexity index is 350. The summed E-state index contributed by atoms with van der Waals surface area (Å²) in [4.78, 5) is 25.7. The molecule has 0 saturated heterocycles. The van der Waals surface area contributed by atoms with E-state index in [1.165, 1.54) is 13.3 Å². The standard InChI is InChI=1S/C10H17N5O2/c1-8(16)11-6-4-2-3-5-9(17)14-10-12-7-13-15-10/h7H,2-6H2,1H3,(H,11,16)(H2,12,13,14,15,17). The second-order valence-electron chi connectivity index (χ2n) is 3.68. The summed E-state index contributed by atoms with van der Waals surface area (Å²) in [7, 11) is 0. The predicted molar refractivity (Wildman–Crippen MR) is 62.2 cm³/mol. The van der Waals surface area contributed by atoms with Crippen molar-refractivity contribution in [1.82, 2.24) is 20.5 Å². The minimum absolute atomic E-state index is 0.0203. The fourth-order valence-electron chi connectivity index (χ4n) is 1.31. The normalized spacial score (nSPS) is 9.94. The van der Waals surface area contributed by atoms with E-state index in [-0.39, 0.29) is 11.8 Å². The molecule has 0 atom stereocenters. The lowest BCUT2D eigenvalue weighted by Crippen LogP contribution is -2.20. The highest BCUT2D eigenvalue weighted by Gasteiger charge is 2.03. The van der Waals surface area contributed by atoms with Crippen LogP contribution in [0.2, 0.25) is 0 Å². The van der Waals surface area contributed by atoms with Crippen molar-refractivity contribution in [2.75, 3.05) is 11.9 Å². The molecule has 1 heterocycles. The van der Waals surface area contributed by atoms with Gasteiger partial charge in [-0.15, -0.1) is 0 Å². The van der Waals surface area contributed by atoms with Gasteiger partial charge in [0.15, 0.2) is 0 Å². The number of nitrogens with zero attached hydrogens (tertiary/aromatic N) is 2. The molecule has 17 heavy (non-hydrogen) atoms. The maximum absolute atomic E-state index is 11.4. The summed E-state index contributed by atoms with van der Waals surface area (Å²) in [6.07, 6.45) is 4.36.